The minimum Gasteiger partial charge on any atom is -0.355 e. The molecule has 0 radical (unpaired) electrons. The zero-order valence-corrected chi connectivity index (χ0v) is 13.5. The van der Waals surface area contributed by atoms with Crippen LogP contribution >= 0.6 is 0 Å². The molecular formula is C16H23N5O. The fraction of sp³-hybridized carbons (Fsp3) is 0.562. The summed E-state index contributed by atoms with van der Waals surface area (Å²) >= 11 is 0. The van der Waals surface area contributed by atoms with Gasteiger partial charge in [0.2, 0.25) is 0 Å². The molecule has 22 heavy (non-hydrogen) atoms. The first kappa shape index (κ1) is 15.0. The largest absolute Gasteiger partial charge is 0.355 e. The van der Waals surface area contributed by atoms with Crippen LogP contribution in [0.5, 0.6) is 0 Å². The normalized spacial score (nSPS) is 18.4. The van der Waals surface area contributed by atoms with Crippen LogP contribution in [-0.2, 0) is 0 Å². The van der Waals surface area contributed by atoms with Crippen molar-refractivity contribution >= 4 is 5.82 Å². The Morgan fingerprint density at radius 2 is 2.14 bits per heavy atom. The molecule has 1 saturated heterocycles. The fourth-order valence-corrected chi connectivity index (χ4v) is 3.10. The van der Waals surface area contributed by atoms with Crippen LogP contribution in [0.4, 0.5) is 5.82 Å². The highest BCUT2D eigenvalue weighted by Gasteiger charge is 2.26. The number of aromatic nitrogens is 3. The third-order valence-corrected chi connectivity index (χ3v) is 4.34. The second-order valence-corrected chi connectivity index (χ2v) is 5.66. The monoisotopic (exact) mass is 301 g/mol. The zero-order chi connectivity index (χ0) is 15.5. The molecule has 0 saturated carbocycles. The Kier molecular flexibility index (Phi) is 4.38. The summed E-state index contributed by atoms with van der Waals surface area (Å²) in [5.41, 5.74) is 0.865. The summed E-state index contributed by atoms with van der Waals surface area (Å²) in [6.45, 7) is 10.6. The minimum atomic E-state index is 0.527. The van der Waals surface area contributed by atoms with Crippen LogP contribution in [0.3, 0.4) is 0 Å². The number of nitrogens with zero attached hydrogens (tertiary/aromatic N) is 5. The van der Waals surface area contributed by atoms with Crippen LogP contribution in [-0.4, -0.2) is 52.2 Å². The highest BCUT2D eigenvalue weighted by atomic mass is 16.5. The Bertz CT molecular complexity index is 605. The first-order valence-electron chi connectivity index (χ1n) is 7.97. The Labute approximate surface area is 131 Å². The molecule has 1 fully saturated rings. The molecule has 2 aromatic heterocycles. The summed E-state index contributed by atoms with van der Waals surface area (Å²) < 4.78 is 5.17. The molecule has 0 aromatic carbocycles. The molecule has 3 heterocycles. The summed E-state index contributed by atoms with van der Waals surface area (Å²) in [6.07, 6.45) is 3.01. The summed E-state index contributed by atoms with van der Waals surface area (Å²) in [6, 6.07) is 4.68. The van der Waals surface area contributed by atoms with Crippen molar-refractivity contribution in [1.29, 1.82) is 0 Å². The van der Waals surface area contributed by atoms with Gasteiger partial charge in [0.1, 0.15) is 5.82 Å². The molecule has 0 aliphatic carbocycles. The lowest BCUT2D eigenvalue weighted by Crippen LogP contribution is -2.37. The number of hydrogen-bond donors (Lipinski definition) is 0. The molecule has 6 heteroatoms. The van der Waals surface area contributed by atoms with E-state index in [2.05, 4.69) is 38.8 Å². The molecule has 0 bridgehead atoms. The van der Waals surface area contributed by atoms with Gasteiger partial charge in [-0.3, -0.25) is 4.90 Å². The average molecular weight is 301 g/mol. The topological polar surface area (TPSA) is 58.3 Å². The van der Waals surface area contributed by atoms with Crippen molar-refractivity contribution in [2.45, 2.75) is 33.2 Å². The highest BCUT2D eigenvalue weighted by molar-refractivity contribution is 5.55. The second kappa shape index (κ2) is 6.44. The van der Waals surface area contributed by atoms with E-state index in [1.165, 1.54) is 6.42 Å². The van der Waals surface area contributed by atoms with Crippen LogP contribution in [0.2, 0.25) is 0 Å². The van der Waals surface area contributed by atoms with E-state index in [1.54, 1.807) is 0 Å². The lowest BCUT2D eigenvalue weighted by atomic mass is 10.2. The van der Waals surface area contributed by atoms with Gasteiger partial charge >= 0.3 is 0 Å². The predicted octanol–water partition coefficient (Wildman–Crippen LogP) is 2.36. The van der Waals surface area contributed by atoms with Crippen molar-refractivity contribution in [3.05, 3.63) is 24.2 Å². The smallest absolute Gasteiger partial charge is 0.259 e. The molecule has 0 amide bonds. The maximum atomic E-state index is 5.17. The molecule has 0 spiro atoms. The average Bonchev–Trinajstić information content (AvgIpc) is 3.18. The maximum absolute atomic E-state index is 5.17. The quantitative estimate of drug-likeness (QED) is 0.845. The first-order chi connectivity index (χ1) is 10.7. The van der Waals surface area contributed by atoms with E-state index in [9.17, 15) is 0 Å². The number of rotatable bonds is 5. The highest BCUT2D eigenvalue weighted by Crippen LogP contribution is 2.23. The van der Waals surface area contributed by atoms with Crippen LogP contribution < -0.4 is 4.90 Å². The molecule has 1 aliphatic heterocycles. The van der Waals surface area contributed by atoms with Gasteiger partial charge in [0, 0.05) is 25.3 Å². The van der Waals surface area contributed by atoms with Gasteiger partial charge in [0.25, 0.3) is 5.89 Å². The van der Waals surface area contributed by atoms with Crippen LogP contribution in [0, 0.1) is 6.92 Å². The van der Waals surface area contributed by atoms with E-state index < -0.39 is 0 Å². The molecule has 3 rings (SSSR count). The Balaban J connectivity index is 1.69. The Morgan fingerprint density at radius 1 is 1.32 bits per heavy atom. The summed E-state index contributed by atoms with van der Waals surface area (Å²) in [4.78, 5) is 13.7. The van der Waals surface area contributed by atoms with Gasteiger partial charge < -0.3 is 9.42 Å². The second-order valence-electron chi connectivity index (χ2n) is 5.66. The lowest BCUT2D eigenvalue weighted by molar-refractivity contribution is 0.232. The number of likely N-dealkylation sites (N-methyl/N-ethyl adjacent to an activating group) is 1. The Hall–Kier alpha value is -1.95. The molecule has 118 valence electrons. The molecular weight excluding hydrogens is 278 g/mol. The summed E-state index contributed by atoms with van der Waals surface area (Å²) in [5.74, 6) is 2.19. The van der Waals surface area contributed by atoms with Crippen LogP contribution in [0.15, 0.2) is 22.9 Å². The molecule has 1 aliphatic rings. The van der Waals surface area contributed by atoms with Gasteiger partial charge in [-0.25, -0.2) is 4.98 Å². The van der Waals surface area contributed by atoms with Crippen LogP contribution in [0.1, 0.15) is 26.1 Å². The van der Waals surface area contributed by atoms with Crippen molar-refractivity contribution in [3.8, 4) is 11.5 Å². The van der Waals surface area contributed by atoms with E-state index >= 15 is 0 Å². The number of anilines is 1. The van der Waals surface area contributed by atoms with E-state index in [0.29, 0.717) is 17.8 Å². The van der Waals surface area contributed by atoms with E-state index in [1.807, 2.05) is 25.3 Å². The number of hydrogen-bond acceptors (Lipinski definition) is 6. The fourth-order valence-electron chi connectivity index (χ4n) is 3.10. The summed E-state index contributed by atoms with van der Waals surface area (Å²) in [5, 5.41) is 3.81. The van der Waals surface area contributed by atoms with Gasteiger partial charge in [0.05, 0.1) is 5.56 Å². The molecule has 6 nitrogen and oxygen atoms in total. The standard InChI is InChI=1S/C16H23N5O/c1-4-20(5-2)14-8-9-21(11-14)15-7-6-13(10-17-15)16-18-12(3)19-22-16/h6-7,10,14H,4-5,8-9,11H2,1-3H3. The van der Waals surface area contributed by atoms with Crippen molar-refractivity contribution < 1.29 is 4.52 Å². The van der Waals surface area contributed by atoms with Crippen molar-refractivity contribution in [3.63, 3.8) is 0 Å². The van der Waals surface area contributed by atoms with Crippen molar-refractivity contribution in [2.75, 3.05) is 31.1 Å². The zero-order valence-electron chi connectivity index (χ0n) is 13.5. The minimum absolute atomic E-state index is 0.527. The van der Waals surface area contributed by atoms with Gasteiger partial charge in [-0.1, -0.05) is 19.0 Å². The third kappa shape index (κ3) is 2.97. The van der Waals surface area contributed by atoms with E-state index in [0.717, 1.165) is 37.6 Å². The van der Waals surface area contributed by atoms with Gasteiger partial charge in [-0.05, 0) is 38.6 Å². The molecule has 0 N–H and O–H groups in total. The Morgan fingerprint density at radius 3 is 2.73 bits per heavy atom. The van der Waals surface area contributed by atoms with Crippen molar-refractivity contribution in [1.82, 2.24) is 20.0 Å². The summed E-state index contributed by atoms with van der Waals surface area (Å²) in [7, 11) is 0. The maximum Gasteiger partial charge on any atom is 0.259 e. The van der Waals surface area contributed by atoms with E-state index in [4.69, 9.17) is 4.52 Å². The van der Waals surface area contributed by atoms with Gasteiger partial charge in [-0.2, -0.15) is 4.98 Å². The molecule has 1 atom stereocenters. The van der Waals surface area contributed by atoms with Gasteiger partial charge in [0.15, 0.2) is 5.82 Å². The molecule has 1 unspecified atom stereocenters. The number of aryl methyl sites for hydroxylation is 1. The third-order valence-electron chi connectivity index (χ3n) is 4.34. The van der Waals surface area contributed by atoms with E-state index in [-0.39, 0.29) is 0 Å². The predicted molar refractivity (Wildman–Crippen MR) is 85.8 cm³/mol. The van der Waals surface area contributed by atoms with Crippen molar-refractivity contribution in [2.24, 2.45) is 0 Å². The van der Waals surface area contributed by atoms with Crippen LogP contribution in [0.25, 0.3) is 11.5 Å². The lowest BCUT2D eigenvalue weighted by Gasteiger charge is -2.26. The number of pyridine rings is 1. The first-order valence-corrected chi connectivity index (χ1v) is 7.97. The molecule has 2 aromatic rings. The SMILES string of the molecule is CCN(CC)C1CCN(c2ccc(-c3nc(C)no3)cn2)C1. The van der Waals surface area contributed by atoms with Gasteiger partial charge in [-0.15, -0.1) is 0 Å².